The third-order valence-corrected chi connectivity index (χ3v) is 5.22. The second kappa shape index (κ2) is 7.26. The van der Waals surface area contributed by atoms with Crippen molar-refractivity contribution in [2.75, 3.05) is 0 Å². The third kappa shape index (κ3) is 3.78. The van der Waals surface area contributed by atoms with E-state index in [1.165, 1.54) is 12.1 Å². The standard InChI is InChI=1S/C22H17F3N6/c1-13-2-10-17(11-3-13)31-21(28-29-30-31)18-12-26-20(15-4-5-15)27-19(18)14-6-8-16(9-7-14)22(23,24)25/h2-3,6-12,15H,4-5H2,1H3. The highest BCUT2D eigenvalue weighted by atomic mass is 19.4. The van der Waals surface area contributed by atoms with Crippen molar-refractivity contribution in [1.29, 1.82) is 0 Å². The Labute approximate surface area is 175 Å². The molecule has 1 aliphatic rings. The second-order valence-electron chi connectivity index (χ2n) is 7.59. The molecular formula is C22H17F3N6. The molecule has 4 aromatic rings. The summed E-state index contributed by atoms with van der Waals surface area (Å²) in [6.45, 7) is 1.98. The average molecular weight is 422 g/mol. The van der Waals surface area contributed by atoms with Crippen molar-refractivity contribution in [2.45, 2.75) is 31.9 Å². The van der Waals surface area contributed by atoms with E-state index in [0.29, 0.717) is 28.5 Å². The first-order chi connectivity index (χ1) is 14.9. The van der Waals surface area contributed by atoms with Gasteiger partial charge in [0.15, 0.2) is 5.82 Å². The number of hydrogen-bond donors (Lipinski definition) is 0. The molecule has 1 saturated carbocycles. The van der Waals surface area contributed by atoms with Gasteiger partial charge >= 0.3 is 6.18 Å². The molecule has 0 spiro atoms. The molecule has 0 radical (unpaired) electrons. The lowest BCUT2D eigenvalue weighted by atomic mass is 10.0. The Hall–Kier alpha value is -3.62. The number of tetrazole rings is 1. The van der Waals surface area contributed by atoms with E-state index in [0.717, 1.165) is 36.2 Å². The van der Waals surface area contributed by atoms with E-state index in [4.69, 9.17) is 4.98 Å². The van der Waals surface area contributed by atoms with E-state index in [2.05, 4.69) is 20.5 Å². The molecule has 0 atom stereocenters. The number of halogens is 3. The Morgan fingerprint density at radius 1 is 0.968 bits per heavy atom. The normalized spacial score (nSPS) is 14.1. The summed E-state index contributed by atoms with van der Waals surface area (Å²) in [5.41, 5.74) is 2.75. The van der Waals surface area contributed by atoms with Crippen LogP contribution < -0.4 is 0 Å². The van der Waals surface area contributed by atoms with Crippen molar-refractivity contribution in [3.8, 4) is 28.3 Å². The fraction of sp³-hybridized carbons (Fsp3) is 0.227. The minimum atomic E-state index is -4.40. The smallest absolute Gasteiger partial charge is 0.240 e. The van der Waals surface area contributed by atoms with E-state index in [1.807, 2.05) is 31.2 Å². The van der Waals surface area contributed by atoms with Crippen LogP contribution in [0, 0.1) is 6.92 Å². The molecule has 0 aliphatic heterocycles. The average Bonchev–Trinajstić information content (AvgIpc) is 3.50. The van der Waals surface area contributed by atoms with Gasteiger partial charge in [0.25, 0.3) is 0 Å². The van der Waals surface area contributed by atoms with E-state index < -0.39 is 11.7 Å². The number of aryl methyl sites for hydroxylation is 1. The zero-order valence-electron chi connectivity index (χ0n) is 16.5. The molecule has 2 aromatic heterocycles. The van der Waals surface area contributed by atoms with E-state index >= 15 is 0 Å². The van der Waals surface area contributed by atoms with Crippen molar-refractivity contribution in [2.24, 2.45) is 0 Å². The lowest BCUT2D eigenvalue weighted by Gasteiger charge is -2.12. The number of alkyl halides is 3. The highest BCUT2D eigenvalue weighted by Crippen LogP contribution is 2.40. The SMILES string of the molecule is Cc1ccc(-n2nnnc2-c2cnc(C3CC3)nc2-c2ccc(C(F)(F)F)cc2)cc1. The quantitative estimate of drug-likeness (QED) is 0.463. The van der Waals surface area contributed by atoms with E-state index in [-0.39, 0.29) is 5.92 Å². The van der Waals surface area contributed by atoms with Gasteiger partial charge in [-0.05, 0) is 54.5 Å². The van der Waals surface area contributed by atoms with Gasteiger partial charge in [-0.3, -0.25) is 0 Å². The molecule has 0 bridgehead atoms. The fourth-order valence-corrected chi connectivity index (χ4v) is 3.35. The van der Waals surface area contributed by atoms with Gasteiger partial charge in [0.05, 0.1) is 22.5 Å². The van der Waals surface area contributed by atoms with Crippen LogP contribution in [0.5, 0.6) is 0 Å². The maximum atomic E-state index is 13.0. The van der Waals surface area contributed by atoms with Crippen LogP contribution in [0.2, 0.25) is 0 Å². The summed E-state index contributed by atoms with van der Waals surface area (Å²) in [4.78, 5) is 9.19. The fourth-order valence-electron chi connectivity index (χ4n) is 3.35. The molecule has 9 heteroatoms. The molecule has 0 saturated heterocycles. The maximum Gasteiger partial charge on any atom is 0.416 e. The summed E-state index contributed by atoms with van der Waals surface area (Å²) < 4.78 is 40.6. The summed E-state index contributed by atoms with van der Waals surface area (Å²) >= 11 is 0. The molecule has 156 valence electrons. The van der Waals surface area contributed by atoms with Crippen LogP contribution in [0.15, 0.2) is 54.7 Å². The zero-order valence-corrected chi connectivity index (χ0v) is 16.5. The predicted molar refractivity (Wildman–Crippen MR) is 107 cm³/mol. The van der Waals surface area contributed by atoms with Crippen LogP contribution >= 0.6 is 0 Å². The van der Waals surface area contributed by atoms with Crippen LogP contribution in [0.25, 0.3) is 28.3 Å². The van der Waals surface area contributed by atoms with Crippen LogP contribution in [0.1, 0.15) is 35.7 Å². The Kier molecular flexibility index (Phi) is 4.53. The Morgan fingerprint density at radius 3 is 2.32 bits per heavy atom. The van der Waals surface area contributed by atoms with Gasteiger partial charge in [-0.25, -0.2) is 9.97 Å². The van der Waals surface area contributed by atoms with Crippen molar-refractivity contribution in [3.05, 3.63) is 71.7 Å². The predicted octanol–water partition coefficient (Wildman–Crippen LogP) is 4.99. The van der Waals surface area contributed by atoms with Crippen molar-refractivity contribution < 1.29 is 13.2 Å². The highest BCUT2D eigenvalue weighted by molar-refractivity contribution is 5.77. The largest absolute Gasteiger partial charge is 0.416 e. The molecule has 5 rings (SSSR count). The topological polar surface area (TPSA) is 69.4 Å². The maximum absolute atomic E-state index is 13.0. The first kappa shape index (κ1) is 19.3. The summed E-state index contributed by atoms with van der Waals surface area (Å²) in [6, 6.07) is 12.6. The molecule has 31 heavy (non-hydrogen) atoms. The number of rotatable bonds is 4. The second-order valence-corrected chi connectivity index (χ2v) is 7.59. The monoisotopic (exact) mass is 422 g/mol. The van der Waals surface area contributed by atoms with Crippen LogP contribution in [-0.4, -0.2) is 30.2 Å². The third-order valence-electron chi connectivity index (χ3n) is 5.22. The zero-order chi connectivity index (χ0) is 21.6. The molecule has 1 aliphatic carbocycles. The van der Waals surface area contributed by atoms with Gasteiger partial charge in [0.1, 0.15) is 5.82 Å². The molecule has 0 unspecified atom stereocenters. The molecule has 6 nitrogen and oxygen atoms in total. The summed E-state index contributed by atoms with van der Waals surface area (Å²) in [5, 5.41) is 12.1. The van der Waals surface area contributed by atoms with Gasteiger partial charge in [0, 0.05) is 17.7 Å². The number of hydrogen-bond acceptors (Lipinski definition) is 5. The van der Waals surface area contributed by atoms with E-state index in [9.17, 15) is 13.2 Å². The van der Waals surface area contributed by atoms with Crippen LogP contribution in [0.4, 0.5) is 13.2 Å². The lowest BCUT2D eigenvalue weighted by molar-refractivity contribution is -0.137. The molecule has 2 heterocycles. The first-order valence-corrected chi connectivity index (χ1v) is 9.80. The minimum absolute atomic E-state index is 0.287. The minimum Gasteiger partial charge on any atom is -0.240 e. The van der Waals surface area contributed by atoms with Crippen LogP contribution in [0.3, 0.4) is 0 Å². The van der Waals surface area contributed by atoms with Gasteiger partial charge in [-0.1, -0.05) is 29.8 Å². The lowest BCUT2D eigenvalue weighted by Crippen LogP contribution is -2.05. The van der Waals surface area contributed by atoms with Gasteiger partial charge in [-0.2, -0.15) is 17.9 Å². The highest BCUT2D eigenvalue weighted by Gasteiger charge is 2.31. The van der Waals surface area contributed by atoms with Gasteiger partial charge < -0.3 is 0 Å². The molecule has 1 fully saturated rings. The summed E-state index contributed by atoms with van der Waals surface area (Å²) in [5.74, 6) is 1.39. The Morgan fingerprint density at radius 2 is 1.68 bits per heavy atom. The van der Waals surface area contributed by atoms with Crippen LogP contribution in [-0.2, 0) is 6.18 Å². The number of nitrogens with zero attached hydrogens (tertiary/aromatic N) is 6. The summed E-state index contributed by atoms with van der Waals surface area (Å²) in [7, 11) is 0. The molecule has 0 amide bonds. The van der Waals surface area contributed by atoms with Crippen molar-refractivity contribution in [1.82, 2.24) is 30.2 Å². The van der Waals surface area contributed by atoms with Gasteiger partial charge in [-0.15, -0.1) is 5.10 Å². The molecule has 0 N–H and O–H groups in total. The summed E-state index contributed by atoms with van der Waals surface area (Å²) in [6.07, 6.45) is -0.731. The molecular weight excluding hydrogens is 405 g/mol. The number of aromatic nitrogens is 6. The van der Waals surface area contributed by atoms with Gasteiger partial charge in [0.2, 0.25) is 0 Å². The number of benzene rings is 2. The van der Waals surface area contributed by atoms with Crippen molar-refractivity contribution >= 4 is 0 Å². The van der Waals surface area contributed by atoms with Crippen molar-refractivity contribution in [3.63, 3.8) is 0 Å². The molecule has 2 aromatic carbocycles. The first-order valence-electron chi connectivity index (χ1n) is 9.80. The van der Waals surface area contributed by atoms with E-state index in [1.54, 1.807) is 10.9 Å². The Bertz CT molecular complexity index is 1230. The Balaban J connectivity index is 1.64.